The molecule has 0 unspecified atom stereocenters. The minimum Gasteiger partial charge on any atom is -0.454 e. The molecule has 2 rings (SSSR count). The molecule has 14 heavy (non-hydrogen) atoms. The number of rotatable bonds is 3. The molecule has 0 saturated carbocycles. The van der Waals surface area contributed by atoms with Crippen molar-refractivity contribution in [3.05, 3.63) is 23.3 Å². The van der Waals surface area contributed by atoms with Gasteiger partial charge in [-0.1, -0.05) is 6.07 Å². The van der Waals surface area contributed by atoms with Crippen molar-refractivity contribution in [2.45, 2.75) is 13.3 Å². The SMILES string of the molecule is CNCCc1cc(C)cc2c1OCO2. The summed E-state index contributed by atoms with van der Waals surface area (Å²) in [6.07, 6.45) is 0.976. The smallest absolute Gasteiger partial charge is 0.231 e. The van der Waals surface area contributed by atoms with Gasteiger partial charge in [-0.15, -0.1) is 0 Å². The van der Waals surface area contributed by atoms with E-state index in [9.17, 15) is 0 Å². The van der Waals surface area contributed by atoms with E-state index in [4.69, 9.17) is 9.47 Å². The summed E-state index contributed by atoms with van der Waals surface area (Å²) in [7, 11) is 1.95. The van der Waals surface area contributed by atoms with Crippen molar-refractivity contribution in [2.24, 2.45) is 0 Å². The summed E-state index contributed by atoms with van der Waals surface area (Å²) in [6.45, 7) is 3.38. The second-order valence-corrected chi connectivity index (χ2v) is 3.51. The Morgan fingerprint density at radius 2 is 2.21 bits per heavy atom. The maximum Gasteiger partial charge on any atom is 0.231 e. The van der Waals surface area contributed by atoms with Gasteiger partial charge in [0.1, 0.15) is 0 Å². The van der Waals surface area contributed by atoms with E-state index in [-0.39, 0.29) is 0 Å². The topological polar surface area (TPSA) is 30.5 Å². The summed E-state index contributed by atoms with van der Waals surface area (Å²) in [4.78, 5) is 0. The van der Waals surface area contributed by atoms with Crippen LogP contribution in [0.5, 0.6) is 11.5 Å². The van der Waals surface area contributed by atoms with E-state index in [1.54, 1.807) is 0 Å². The molecule has 0 atom stereocenters. The summed E-state index contributed by atoms with van der Waals surface area (Å²) >= 11 is 0. The molecule has 0 fully saturated rings. The van der Waals surface area contributed by atoms with Crippen LogP contribution in [0, 0.1) is 6.92 Å². The molecule has 0 radical (unpaired) electrons. The van der Waals surface area contributed by atoms with Crippen LogP contribution in [0.4, 0.5) is 0 Å². The molecule has 3 nitrogen and oxygen atoms in total. The molecule has 0 bridgehead atoms. The summed E-state index contributed by atoms with van der Waals surface area (Å²) in [6, 6.07) is 4.18. The number of hydrogen-bond donors (Lipinski definition) is 1. The number of nitrogens with one attached hydrogen (secondary N) is 1. The normalized spacial score (nSPS) is 13.3. The standard InChI is InChI=1S/C11H15NO2/c1-8-5-9(3-4-12-2)11-10(6-8)13-7-14-11/h5-6,12H,3-4,7H2,1-2H3. The maximum atomic E-state index is 5.43. The van der Waals surface area contributed by atoms with E-state index in [0.29, 0.717) is 6.79 Å². The van der Waals surface area contributed by atoms with Gasteiger partial charge in [-0.25, -0.2) is 0 Å². The first-order valence-electron chi connectivity index (χ1n) is 4.85. The largest absolute Gasteiger partial charge is 0.454 e. The van der Waals surface area contributed by atoms with Gasteiger partial charge < -0.3 is 14.8 Å². The zero-order valence-electron chi connectivity index (χ0n) is 8.59. The van der Waals surface area contributed by atoms with Gasteiger partial charge in [0, 0.05) is 0 Å². The number of ether oxygens (including phenoxy) is 2. The highest BCUT2D eigenvalue weighted by Gasteiger charge is 2.17. The molecule has 1 N–H and O–H groups in total. The van der Waals surface area contributed by atoms with Crippen molar-refractivity contribution in [1.29, 1.82) is 0 Å². The Labute approximate surface area is 84.0 Å². The van der Waals surface area contributed by atoms with Crippen LogP contribution >= 0.6 is 0 Å². The number of fused-ring (bicyclic) bond motifs is 1. The van der Waals surface area contributed by atoms with E-state index in [0.717, 1.165) is 24.5 Å². The minimum absolute atomic E-state index is 0.353. The highest BCUT2D eigenvalue weighted by molar-refractivity contribution is 5.50. The van der Waals surface area contributed by atoms with Gasteiger partial charge in [-0.2, -0.15) is 0 Å². The molecule has 0 aromatic heterocycles. The molecule has 1 heterocycles. The third-order valence-corrected chi connectivity index (χ3v) is 2.34. The fraction of sp³-hybridized carbons (Fsp3) is 0.455. The number of hydrogen-bond acceptors (Lipinski definition) is 3. The van der Waals surface area contributed by atoms with Crippen molar-refractivity contribution in [3.63, 3.8) is 0 Å². The molecular weight excluding hydrogens is 178 g/mol. The molecule has 0 saturated heterocycles. The predicted octanol–water partition coefficient (Wildman–Crippen LogP) is 1.49. The predicted molar refractivity (Wildman–Crippen MR) is 54.9 cm³/mol. The fourth-order valence-electron chi connectivity index (χ4n) is 1.68. The fourth-order valence-corrected chi connectivity index (χ4v) is 1.68. The van der Waals surface area contributed by atoms with Crippen LogP contribution in [0.1, 0.15) is 11.1 Å². The Balaban J connectivity index is 2.29. The summed E-state index contributed by atoms with van der Waals surface area (Å²) in [5.74, 6) is 1.81. The third kappa shape index (κ3) is 1.68. The van der Waals surface area contributed by atoms with Crippen LogP contribution in [-0.4, -0.2) is 20.4 Å². The quantitative estimate of drug-likeness (QED) is 0.788. The molecule has 0 aliphatic carbocycles. The van der Waals surface area contributed by atoms with Crippen molar-refractivity contribution in [1.82, 2.24) is 5.32 Å². The highest BCUT2D eigenvalue weighted by Crippen LogP contribution is 2.36. The first kappa shape index (κ1) is 9.34. The van der Waals surface area contributed by atoms with Crippen LogP contribution in [-0.2, 0) is 6.42 Å². The van der Waals surface area contributed by atoms with Gasteiger partial charge in [0.05, 0.1) is 0 Å². The summed E-state index contributed by atoms with van der Waals surface area (Å²) in [5.41, 5.74) is 2.45. The first-order chi connectivity index (χ1) is 6.81. The third-order valence-electron chi connectivity index (χ3n) is 2.34. The van der Waals surface area contributed by atoms with Gasteiger partial charge in [-0.3, -0.25) is 0 Å². The Kier molecular flexibility index (Phi) is 2.59. The lowest BCUT2D eigenvalue weighted by Crippen LogP contribution is -2.10. The van der Waals surface area contributed by atoms with Crippen molar-refractivity contribution < 1.29 is 9.47 Å². The van der Waals surface area contributed by atoms with Gasteiger partial charge in [0.2, 0.25) is 6.79 Å². The van der Waals surface area contributed by atoms with Crippen molar-refractivity contribution in [2.75, 3.05) is 20.4 Å². The van der Waals surface area contributed by atoms with Crippen LogP contribution in [0.2, 0.25) is 0 Å². The second-order valence-electron chi connectivity index (χ2n) is 3.51. The molecule has 1 aliphatic rings. The monoisotopic (exact) mass is 193 g/mol. The molecule has 0 amide bonds. The van der Waals surface area contributed by atoms with Crippen molar-refractivity contribution in [3.8, 4) is 11.5 Å². The zero-order chi connectivity index (χ0) is 9.97. The van der Waals surface area contributed by atoms with Crippen LogP contribution in [0.25, 0.3) is 0 Å². The Bertz CT molecular complexity index is 336. The van der Waals surface area contributed by atoms with Gasteiger partial charge in [0.25, 0.3) is 0 Å². The number of benzene rings is 1. The van der Waals surface area contributed by atoms with Crippen molar-refractivity contribution >= 4 is 0 Å². The lowest BCUT2D eigenvalue weighted by molar-refractivity contribution is 0.173. The van der Waals surface area contributed by atoms with E-state index in [1.807, 2.05) is 13.1 Å². The molecule has 0 spiro atoms. The van der Waals surface area contributed by atoms with E-state index < -0.39 is 0 Å². The molecule has 3 heteroatoms. The average Bonchev–Trinajstić information content (AvgIpc) is 2.61. The van der Waals surface area contributed by atoms with Gasteiger partial charge in [0.15, 0.2) is 11.5 Å². The molecule has 1 aromatic carbocycles. The van der Waals surface area contributed by atoms with Crippen LogP contribution < -0.4 is 14.8 Å². The van der Waals surface area contributed by atoms with E-state index in [1.165, 1.54) is 11.1 Å². The lowest BCUT2D eigenvalue weighted by atomic mass is 10.1. The minimum atomic E-state index is 0.353. The first-order valence-corrected chi connectivity index (χ1v) is 4.85. The average molecular weight is 193 g/mol. The highest BCUT2D eigenvalue weighted by atomic mass is 16.7. The molecule has 76 valence electrons. The zero-order valence-corrected chi connectivity index (χ0v) is 8.59. The molecule has 1 aliphatic heterocycles. The van der Waals surface area contributed by atoms with Gasteiger partial charge >= 0.3 is 0 Å². The lowest BCUT2D eigenvalue weighted by Gasteiger charge is -2.06. The van der Waals surface area contributed by atoms with Crippen LogP contribution in [0.15, 0.2) is 12.1 Å². The molecular formula is C11H15NO2. The summed E-state index contributed by atoms with van der Waals surface area (Å²) in [5, 5.41) is 3.13. The summed E-state index contributed by atoms with van der Waals surface area (Å²) < 4.78 is 10.8. The van der Waals surface area contributed by atoms with Crippen LogP contribution in [0.3, 0.4) is 0 Å². The number of likely N-dealkylation sites (N-methyl/N-ethyl adjacent to an activating group) is 1. The Morgan fingerprint density at radius 3 is 3.00 bits per heavy atom. The number of aryl methyl sites for hydroxylation is 1. The Morgan fingerprint density at radius 1 is 1.36 bits per heavy atom. The van der Waals surface area contributed by atoms with Gasteiger partial charge in [-0.05, 0) is 44.1 Å². The van der Waals surface area contributed by atoms with E-state index >= 15 is 0 Å². The van der Waals surface area contributed by atoms with E-state index in [2.05, 4.69) is 18.3 Å². The molecule has 1 aromatic rings. The Hall–Kier alpha value is -1.22. The second kappa shape index (κ2) is 3.88. The maximum absolute atomic E-state index is 5.43.